The molecule has 0 spiro atoms. The monoisotopic (exact) mass is 395 g/mol. The van der Waals surface area contributed by atoms with Crippen molar-refractivity contribution in [2.24, 2.45) is 5.73 Å². The van der Waals surface area contributed by atoms with Crippen LogP contribution in [0.3, 0.4) is 0 Å². The van der Waals surface area contributed by atoms with E-state index in [0.717, 1.165) is 17.4 Å². The lowest BCUT2D eigenvalue weighted by Gasteiger charge is -2.07. The van der Waals surface area contributed by atoms with Gasteiger partial charge in [-0.2, -0.15) is 0 Å². The van der Waals surface area contributed by atoms with Crippen LogP contribution in [0.5, 0.6) is 11.5 Å². The Morgan fingerprint density at radius 2 is 1.76 bits per heavy atom. The van der Waals surface area contributed by atoms with E-state index in [9.17, 15) is 9.59 Å². The summed E-state index contributed by atoms with van der Waals surface area (Å²) in [7, 11) is 1.59. The fourth-order valence-electron chi connectivity index (χ4n) is 2.67. The van der Waals surface area contributed by atoms with Gasteiger partial charge < -0.3 is 29.7 Å². The van der Waals surface area contributed by atoms with E-state index in [0.29, 0.717) is 42.6 Å². The number of oxazole rings is 1. The summed E-state index contributed by atoms with van der Waals surface area (Å²) in [5.74, 6) is 0.907. The molecule has 8 heteroatoms. The van der Waals surface area contributed by atoms with E-state index in [4.69, 9.17) is 19.6 Å². The maximum atomic E-state index is 11.6. The summed E-state index contributed by atoms with van der Waals surface area (Å²) in [6.45, 7) is 1.29. The first-order valence-corrected chi connectivity index (χ1v) is 8.95. The first-order valence-electron chi connectivity index (χ1n) is 8.95. The van der Waals surface area contributed by atoms with Gasteiger partial charge in [0.15, 0.2) is 5.76 Å². The van der Waals surface area contributed by atoms with Gasteiger partial charge in [0.1, 0.15) is 30.1 Å². The smallest absolute Gasteiger partial charge is 0.304 e. The molecule has 0 radical (unpaired) electrons. The van der Waals surface area contributed by atoms with Crippen LogP contribution in [0, 0.1) is 0 Å². The molecule has 29 heavy (non-hydrogen) atoms. The van der Waals surface area contributed by atoms with E-state index >= 15 is 0 Å². The number of carbonyl (C=O) groups excluding carboxylic acids is 2. The number of carbonyl (C=O) groups is 2. The van der Waals surface area contributed by atoms with Crippen LogP contribution in [0.2, 0.25) is 0 Å². The summed E-state index contributed by atoms with van der Waals surface area (Å²) in [4.78, 5) is 26.1. The lowest BCUT2D eigenvalue weighted by molar-refractivity contribution is -0.107. The zero-order valence-electron chi connectivity index (χ0n) is 15.9. The van der Waals surface area contributed by atoms with Gasteiger partial charge in [-0.05, 0) is 48.5 Å². The lowest BCUT2D eigenvalue weighted by atomic mass is 10.1. The molecule has 0 unspecified atom stereocenters. The second-order valence-electron chi connectivity index (χ2n) is 6.03. The van der Waals surface area contributed by atoms with Crippen molar-refractivity contribution < 1.29 is 23.5 Å². The third-order valence-electron chi connectivity index (χ3n) is 4.09. The molecule has 0 aliphatic rings. The van der Waals surface area contributed by atoms with Gasteiger partial charge in [0, 0.05) is 17.7 Å². The summed E-state index contributed by atoms with van der Waals surface area (Å²) in [6.07, 6.45) is 0.799. The maximum absolute atomic E-state index is 11.6. The second-order valence-corrected chi connectivity index (χ2v) is 6.03. The van der Waals surface area contributed by atoms with Crippen LogP contribution in [-0.2, 0) is 4.79 Å². The third-order valence-corrected chi connectivity index (χ3v) is 4.09. The summed E-state index contributed by atoms with van der Waals surface area (Å²) in [5.41, 5.74) is 7.34. The Morgan fingerprint density at radius 3 is 2.38 bits per heavy atom. The Balaban J connectivity index is 1.83. The molecule has 0 aliphatic heterocycles. The van der Waals surface area contributed by atoms with E-state index in [1.165, 1.54) is 0 Å². The van der Waals surface area contributed by atoms with Gasteiger partial charge in [0.2, 0.25) is 0 Å². The van der Waals surface area contributed by atoms with Crippen molar-refractivity contribution >= 4 is 12.2 Å². The zero-order chi connectivity index (χ0) is 20.6. The van der Waals surface area contributed by atoms with Crippen LogP contribution in [0.4, 0.5) is 0 Å². The van der Waals surface area contributed by atoms with Crippen molar-refractivity contribution in [3.05, 3.63) is 54.4 Å². The Bertz CT molecular complexity index is 965. The largest absolute Gasteiger partial charge is 0.497 e. The van der Waals surface area contributed by atoms with Crippen LogP contribution < -0.4 is 20.5 Å². The zero-order valence-corrected chi connectivity index (χ0v) is 15.9. The molecule has 1 amide bonds. The predicted molar refractivity (Wildman–Crippen MR) is 107 cm³/mol. The van der Waals surface area contributed by atoms with E-state index in [1.807, 2.05) is 24.3 Å². The van der Waals surface area contributed by atoms with Gasteiger partial charge in [0.25, 0.3) is 5.89 Å². The summed E-state index contributed by atoms with van der Waals surface area (Å²) >= 11 is 0. The summed E-state index contributed by atoms with van der Waals surface area (Å²) in [5, 5.41) is 2.92. The minimum absolute atomic E-state index is 0.160. The Labute approximate surface area is 167 Å². The van der Waals surface area contributed by atoms with E-state index in [2.05, 4.69) is 10.3 Å². The number of aldehydes is 1. The van der Waals surface area contributed by atoms with E-state index in [1.54, 1.807) is 31.4 Å². The van der Waals surface area contributed by atoms with Gasteiger partial charge in [-0.25, -0.2) is 4.98 Å². The maximum Gasteiger partial charge on any atom is 0.304 e. The van der Waals surface area contributed by atoms with Crippen molar-refractivity contribution in [1.82, 2.24) is 10.3 Å². The average molecular weight is 395 g/mol. The molecule has 0 atom stereocenters. The average Bonchev–Trinajstić information content (AvgIpc) is 3.20. The van der Waals surface area contributed by atoms with Crippen molar-refractivity contribution in [2.75, 3.05) is 26.8 Å². The number of hydrogen-bond donors (Lipinski definition) is 2. The number of aromatic nitrogens is 1. The molecule has 1 aromatic heterocycles. The van der Waals surface area contributed by atoms with Crippen LogP contribution in [0.15, 0.2) is 52.9 Å². The molecule has 0 aliphatic carbocycles. The molecule has 8 nitrogen and oxygen atoms in total. The lowest BCUT2D eigenvalue weighted by Crippen LogP contribution is -2.22. The number of benzene rings is 2. The molecule has 0 saturated carbocycles. The molecule has 2 aromatic carbocycles. The fourth-order valence-corrected chi connectivity index (χ4v) is 2.67. The number of rotatable bonds is 10. The topological polar surface area (TPSA) is 117 Å². The number of methoxy groups -OCH3 is 1. The van der Waals surface area contributed by atoms with Gasteiger partial charge in [-0.15, -0.1) is 0 Å². The van der Waals surface area contributed by atoms with Crippen molar-refractivity contribution in [3.8, 4) is 34.1 Å². The molecular formula is C21H21N3O5. The van der Waals surface area contributed by atoms with Crippen LogP contribution >= 0.6 is 0 Å². The summed E-state index contributed by atoms with van der Waals surface area (Å²) in [6, 6.07) is 14.5. The number of hydrogen-bond acceptors (Lipinski definition) is 7. The highest BCUT2D eigenvalue weighted by atomic mass is 16.5. The highest BCUT2D eigenvalue weighted by molar-refractivity contribution is 5.90. The van der Waals surface area contributed by atoms with Gasteiger partial charge in [-0.3, -0.25) is 4.79 Å². The minimum Gasteiger partial charge on any atom is -0.497 e. The number of nitrogens with one attached hydrogen (secondary N) is 1. The normalized spacial score (nSPS) is 10.5. The van der Waals surface area contributed by atoms with Gasteiger partial charge in [-0.1, -0.05) is 0 Å². The SMILES string of the molecule is COc1ccc(-c2nc(C(N)=O)oc2-c2ccc(OCCNCC=O)cc2)cc1. The second kappa shape index (κ2) is 9.52. The fraction of sp³-hybridized carbons (Fsp3) is 0.190. The Hall–Kier alpha value is -3.65. The molecule has 150 valence electrons. The molecule has 3 aromatic rings. The highest BCUT2D eigenvalue weighted by Gasteiger charge is 2.20. The molecule has 3 N–H and O–H groups in total. The summed E-state index contributed by atoms with van der Waals surface area (Å²) < 4.78 is 16.4. The number of primary amides is 1. The molecule has 0 saturated heterocycles. The number of nitrogens with two attached hydrogens (primary N) is 1. The number of ether oxygens (including phenoxy) is 2. The Kier molecular flexibility index (Phi) is 6.59. The highest BCUT2D eigenvalue weighted by Crippen LogP contribution is 2.34. The molecule has 0 fully saturated rings. The first-order chi connectivity index (χ1) is 14.1. The van der Waals surface area contributed by atoms with Gasteiger partial charge in [0.05, 0.1) is 13.7 Å². The molecular weight excluding hydrogens is 374 g/mol. The van der Waals surface area contributed by atoms with E-state index < -0.39 is 5.91 Å². The number of nitrogens with zero attached hydrogens (tertiary/aromatic N) is 1. The third kappa shape index (κ3) is 4.99. The first kappa shape index (κ1) is 20.1. The molecule has 0 bridgehead atoms. The van der Waals surface area contributed by atoms with Crippen molar-refractivity contribution in [1.29, 1.82) is 0 Å². The predicted octanol–water partition coefficient (Wildman–Crippen LogP) is 2.28. The van der Waals surface area contributed by atoms with Crippen LogP contribution in [0.25, 0.3) is 22.6 Å². The minimum atomic E-state index is -0.742. The van der Waals surface area contributed by atoms with Gasteiger partial charge >= 0.3 is 5.91 Å². The molecule has 1 heterocycles. The van der Waals surface area contributed by atoms with Crippen molar-refractivity contribution in [2.45, 2.75) is 0 Å². The van der Waals surface area contributed by atoms with Crippen molar-refractivity contribution in [3.63, 3.8) is 0 Å². The standard InChI is InChI=1S/C21H21N3O5/c1-27-16-6-2-14(3-7-16)18-19(29-21(24-18)20(22)26)15-4-8-17(9-5-15)28-13-11-23-10-12-25/h2-9,12,23H,10-11,13H2,1H3,(H2,22,26). The number of amides is 1. The molecule has 3 rings (SSSR count). The van der Waals surface area contributed by atoms with E-state index in [-0.39, 0.29) is 5.89 Å². The van der Waals surface area contributed by atoms with Crippen LogP contribution in [-0.4, -0.2) is 44.0 Å². The van der Waals surface area contributed by atoms with Crippen LogP contribution in [0.1, 0.15) is 10.7 Å². The quantitative estimate of drug-likeness (QED) is 0.399. The Morgan fingerprint density at radius 1 is 1.10 bits per heavy atom.